The van der Waals surface area contributed by atoms with Crippen LogP contribution in [-0.2, 0) is 32.9 Å². The van der Waals surface area contributed by atoms with Crippen LogP contribution in [0.1, 0.15) is 36.0 Å². The number of urea groups is 1. The Morgan fingerprint density at radius 3 is 2.81 bits per heavy atom. The quantitative estimate of drug-likeness (QED) is 0.651. The maximum atomic E-state index is 13.6. The summed E-state index contributed by atoms with van der Waals surface area (Å²) in [5.41, 5.74) is 1.31. The van der Waals surface area contributed by atoms with Crippen molar-refractivity contribution in [2.45, 2.75) is 43.9 Å². The molecule has 1 saturated carbocycles. The van der Waals surface area contributed by atoms with E-state index in [0.717, 1.165) is 28.9 Å². The Hall–Kier alpha value is -4.15. The molecule has 0 bridgehead atoms. The molecular formula is C26H27N5O6. The normalized spacial score (nSPS) is 24.2. The van der Waals surface area contributed by atoms with Crippen molar-refractivity contribution in [2.75, 3.05) is 25.5 Å². The van der Waals surface area contributed by atoms with Gasteiger partial charge in [0.25, 0.3) is 5.91 Å². The van der Waals surface area contributed by atoms with E-state index in [0.29, 0.717) is 42.5 Å². The van der Waals surface area contributed by atoms with Gasteiger partial charge in [0.15, 0.2) is 0 Å². The highest BCUT2D eigenvalue weighted by Crippen LogP contribution is 2.46. The van der Waals surface area contributed by atoms with Gasteiger partial charge in [-0.2, -0.15) is 0 Å². The monoisotopic (exact) mass is 505 g/mol. The highest BCUT2D eigenvalue weighted by atomic mass is 16.6. The van der Waals surface area contributed by atoms with Crippen molar-refractivity contribution in [3.63, 3.8) is 0 Å². The second-order valence-electron chi connectivity index (χ2n) is 9.88. The Morgan fingerprint density at radius 2 is 2.03 bits per heavy atom. The number of carbonyl (C=O) groups is 4. The molecule has 2 N–H and O–H groups in total. The molecule has 11 nitrogen and oxygen atoms in total. The first kappa shape index (κ1) is 23.3. The van der Waals surface area contributed by atoms with Gasteiger partial charge in [-0.3, -0.25) is 14.6 Å². The molecule has 2 aromatic rings. The number of ether oxygens (including phenoxy) is 2. The van der Waals surface area contributed by atoms with Crippen molar-refractivity contribution in [2.24, 2.45) is 5.92 Å². The van der Waals surface area contributed by atoms with Gasteiger partial charge in [0.2, 0.25) is 11.5 Å². The van der Waals surface area contributed by atoms with Crippen LogP contribution in [0.4, 0.5) is 15.3 Å². The summed E-state index contributed by atoms with van der Waals surface area (Å²) in [6.07, 6.45) is 5.30. The molecule has 2 aliphatic heterocycles. The Bertz CT molecular complexity index is 1310. The fraction of sp³-hybridized carbons (Fsp3) is 0.423. The van der Waals surface area contributed by atoms with E-state index in [1.165, 1.54) is 7.05 Å². The third kappa shape index (κ3) is 3.94. The van der Waals surface area contributed by atoms with E-state index in [4.69, 9.17) is 9.47 Å². The number of hydrogen-bond acceptors (Lipinski definition) is 7. The smallest absolute Gasteiger partial charge is 0.418 e. The van der Waals surface area contributed by atoms with Gasteiger partial charge in [0.05, 0.1) is 12.6 Å². The van der Waals surface area contributed by atoms with Gasteiger partial charge in [0.1, 0.15) is 18.9 Å². The number of carbonyl (C=O) groups excluding carboxylic acids is 4. The highest BCUT2D eigenvalue weighted by molar-refractivity contribution is 6.06. The predicted molar refractivity (Wildman–Crippen MR) is 130 cm³/mol. The number of anilines is 1. The summed E-state index contributed by atoms with van der Waals surface area (Å²) < 4.78 is 11.7. The van der Waals surface area contributed by atoms with Crippen molar-refractivity contribution in [3.05, 3.63) is 53.3 Å². The fourth-order valence-corrected chi connectivity index (χ4v) is 5.54. The zero-order valence-electron chi connectivity index (χ0n) is 20.4. The number of aromatic nitrogens is 1. The van der Waals surface area contributed by atoms with Gasteiger partial charge < -0.3 is 25.0 Å². The minimum Gasteiger partial charge on any atom is -0.491 e. The third-order valence-corrected chi connectivity index (χ3v) is 7.63. The molecule has 2 aliphatic carbocycles. The standard InChI is InChI=1S/C26H27N5O6/c1-27-24(34)29-18-4-5-19-16(10-18)6-8-26(19)23(33)31(25(35)37-26)13-22(32)30-12-17-11-28-9-7-21(17)36-14-20(30)15-2-3-15/h4-5,7,9-11,15,20H,2-3,6,8,12-14H2,1H3,(H2,27,29,34)/t20-,26-/m0/s1. The molecule has 4 aliphatic rings. The molecule has 1 spiro atoms. The van der Waals surface area contributed by atoms with Crippen LogP contribution in [0.15, 0.2) is 36.7 Å². The Morgan fingerprint density at radius 1 is 1.19 bits per heavy atom. The first-order chi connectivity index (χ1) is 17.9. The van der Waals surface area contributed by atoms with E-state index in [9.17, 15) is 19.2 Å². The number of hydrogen-bond donors (Lipinski definition) is 2. The lowest BCUT2D eigenvalue weighted by molar-refractivity contribution is -0.143. The van der Waals surface area contributed by atoms with Gasteiger partial charge in [-0.1, -0.05) is 6.07 Å². The molecule has 1 aromatic heterocycles. The molecule has 2 fully saturated rings. The van der Waals surface area contributed by atoms with E-state index in [1.807, 2.05) is 0 Å². The molecule has 6 rings (SSSR count). The largest absolute Gasteiger partial charge is 0.491 e. The Labute approximate surface area is 213 Å². The summed E-state index contributed by atoms with van der Waals surface area (Å²) in [7, 11) is 1.52. The topological polar surface area (TPSA) is 130 Å². The number of fused-ring (bicyclic) bond motifs is 3. The van der Waals surface area contributed by atoms with Gasteiger partial charge in [-0.25, -0.2) is 14.5 Å². The van der Waals surface area contributed by atoms with Crippen LogP contribution in [0.3, 0.4) is 0 Å². The number of benzene rings is 1. The Balaban J connectivity index is 1.23. The lowest BCUT2D eigenvalue weighted by Gasteiger charge is -2.30. The van der Waals surface area contributed by atoms with Crippen LogP contribution in [0, 0.1) is 5.92 Å². The lowest BCUT2D eigenvalue weighted by Crippen LogP contribution is -2.49. The van der Waals surface area contributed by atoms with Crippen molar-refractivity contribution in [1.82, 2.24) is 20.1 Å². The van der Waals surface area contributed by atoms with Crippen LogP contribution in [0.25, 0.3) is 0 Å². The average Bonchev–Trinajstić information content (AvgIpc) is 3.66. The van der Waals surface area contributed by atoms with E-state index >= 15 is 0 Å². The number of rotatable bonds is 4. The van der Waals surface area contributed by atoms with Crippen LogP contribution >= 0.6 is 0 Å². The fourth-order valence-electron chi connectivity index (χ4n) is 5.54. The van der Waals surface area contributed by atoms with Crippen molar-refractivity contribution in [1.29, 1.82) is 0 Å². The SMILES string of the molecule is CNC(=O)Nc1ccc2c(c1)CC[C@]21OC(=O)N(CC(=O)N2Cc3cnccc3OC[C@H]2C2CC2)C1=O. The molecule has 5 amide bonds. The second-order valence-corrected chi connectivity index (χ2v) is 9.88. The average molecular weight is 506 g/mol. The third-order valence-electron chi connectivity index (χ3n) is 7.63. The molecule has 2 atom stereocenters. The molecule has 0 unspecified atom stereocenters. The predicted octanol–water partition coefficient (Wildman–Crippen LogP) is 2.15. The minimum absolute atomic E-state index is 0.138. The summed E-state index contributed by atoms with van der Waals surface area (Å²) in [5, 5.41) is 5.19. The molecule has 37 heavy (non-hydrogen) atoms. The molecule has 3 heterocycles. The number of nitrogens with zero attached hydrogens (tertiary/aromatic N) is 3. The molecule has 1 saturated heterocycles. The molecule has 0 radical (unpaired) electrons. The zero-order valence-corrected chi connectivity index (χ0v) is 20.4. The zero-order chi connectivity index (χ0) is 25.7. The molecule has 1 aromatic carbocycles. The maximum absolute atomic E-state index is 13.6. The lowest BCUT2D eigenvalue weighted by atomic mass is 9.94. The summed E-state index contributed by atoms with van der Waals surface area (Å²) in [5.74, 6) is 0.160. The summed E-state index contributed by atoms with van der Waals surface area (Å²) in [4.78, 5) is 58.6. The number of imide groups is 1. The Kier molecular flexibility index (Phi) is 5.50. The summed E-state index contributed by atoms with van der Waals surface area (Å²) in [6, 6.07) is 6.42. The van der Waals surface area contributed by atoms with E-state index in [2.05, 4.69) is 15.6 Å². The van der Waals surface area contributed by atoms with Gasteiger partial charge >= 0.3 is 12.1 Å². The van der Waals surface area contributed by atoms with Crippen LogP contribution in [0.5, 0.6) is 5.75 Å². The summed E-state index contributed by atoms with van der Waals surface area (Å²) in [6.45, 7) is 0.259. The van der Waals surface area contributed by atoms with Crippen molar-refractivity contribution in [3.8, 4) is 5.75 Å². The minimum atomic E-state index is -1.45. The first-order valence-electron chi connectivity index (χ1n) is 12.4. The second kappa shape index (κ2) is 8.75. The van der Waals surface area contributed by atoms with E-state index in [1.54, 1.807) is 41.6 Å². The maximum Gasteiger partial charge on any atom is 0.418 e. The van der Waals surface area contributed by atoms with Crippen LogP contribution in [-0.4, -0.2) is 65.0 Å². The van der Waals surface area contributed by atoms with Crippen LogP contribution < -0.4 is 15.4 Å². The van der Waals surface area contributed by atoms with Crippen LogP contribution in [0.2, 0.25) is 0 Å². The number of nitrogens with one attached hydrogen (secondary N) is 2. The van der Waals surface area contributed by atoms with Crippen molar-refractivity contribution >= 4 is 29.6 Å². The number of aryl methyl sites for hydroxylation is 1. The van der Waals surface area contributed by atoms with Gasteiger partial charge in [0, 0.05) is 42.7 Å². The summed E-state index contributed by atoms with van der Waals surface area (Å²) >= 11 is 0. The van der Waals surface area contributed by atoms with Gasteiger partial charge in [-0.15, -0.1) is 0 Å². The van der Waals surface area contributed by atoms with E-state index < -0.39 is 24.1 Å². The van der Waals surface area contributed by atoms with E-state index in [-0.39, 0.29) is 24.4 Å². The molecular weight excluding hydrogens is 478 g/mol. The highest BCUT2D eigenvalue weighted by Gasteiger charge is 2.58. The van der Waals surface area contributed by atoms with Crippen molar-refractivity contribution < 1.29 is 28.7 Å². The van der Waals surface area contributed by atoms with Gasteiger partial charge in [-0.05, 0) is 48.9 Å². The molecule has 11 heteroatoms. The molecule has 192 valence electrons. The number of amides is 5. The number of pyridine rings is 1. The first-order valence-corrected chi connectivity index (χ1v) is 12.4.